The van der Waals surface area contributed by atoms with E-state index in [0.717, 1.165) is 0 Å². The van der Waals surface area contributed by atoms with Crippen molar-refractivity contribution >= 4 is 18.0 Å². The van der Waals surface area contributed by atoms with Crippen LogP contribution in [0, 0.1) is 5.92 Å². The molecule has 1 atom stereocenters. The summed E-state index contributed by atoms with van der Waals surface area (Å²) in [4.78, 5) is 35.7. The number of esters is 1. The molecule has 2 amide bonds. The molecule has 0 aliphatic rings. The van der Waals surface area contributed by atoms with Gasteiger partial charge < -0.3 is 20.1 Å². The molecule has 140 valence electrons. The average Bonchev–Trinajstić information content (AvgIpc) is 2.39. The second-order valence-corrected chi connectivity index (χ2v) is 7.69. The van der Waals surface area contributed by atoms with E-state index in [4.69, 9.17) is 4.74 Å². The smallest absolute Gasteiger partial charge is 0.408 e. The standard InChI is InChI=1S/C17H32N2O5/c1-11(2)12(9-10-13(20)23-8)18-14(21)17(6,7)19-15(22)24-16(3,4)5/h11-12H,9-10H2,1-8H3,(H,18,21)(H,19,22)/t12-/m1/s1. The third kappa shape index (κ3) is 8.74. The van der Waals surface area contributed by atoms with Crippen molar-refractivity contribution in [2.75, 3.05) is 7.11 Å². The molecule has 0 rings (SSSR count). The van der Waals surface area contributed by atoms with Crippen LogP contribution in [-0.4, -0.2) is 42.3 Å². The van der Waals surface area contributed by atoms with Crippen molar-refractivity contribution in [3.05, 3.63) is 0 Å². The molecule has 0 aromatic rings. The van der Waals surface area contributed by atoms with E-state index in [1.165, 1.54) is 7.11 Å². The summed E-state index contributed by atoms with van der Waals surface area (Å²) < 4.78 is 9.80. The number of nitrogens with one attached hydrogen (secondary N) is 2. The van der Waals surface area contributed by atoms with Crippen LogP contribution in [0.4, 0.5) is 4.79 Å². The molecule has 0 unspecified atom stereocenters. The molecule has 0 aliphatic carbocycles. The molecule has 0 aliphatic heterocycles. The maximum Gasteiger partial charge on any atom is 0.408 e. The topological polar surface area (TPSA) is 93.7 Å². The molecular formula is C17H32N2O5. The van der Waals surface area contributed by atoms with Crippen molar-refractivity contribution in [3.63, 3.8) is 0 Å². The van der Waals surface area contributed by atoms with Crippen LogP contribution in [-0.2, 0) is 19.1 Å². The van der Waals surface area contributed by atoms with Gasteiger partial charge in [0.05, 0.1) is 7.11 Å². The van der Waals surface area contributed by atoms with Gasteiger partial charge in [0.15, 0.2) is 0 Å². The van der Waals surface area contributed by atoms with Gasteiger partial charge in [-0.15, -0.1) is 0 Å². The maximum absolute atomic E-state index is 12.5. The van der Waals surface area contributed by atoms with Crippen LogP contribution in [0.1, 0.15) is 61.3 Å². The van der Waals surface area contributed by atoms with Crippen LogP contribution in [0.2, 0.25) is 0 Å². The number of carbonyl (C=O) groups excluding carboxylic acids is 3. The van der Waals surface area contributed by atoms with E-state index < -0.39 is 17.2 Å². The lowest BCUT2D eigenvalue weighted by Crippen LogP contribution is -2.58. The van der Waals surface area contributed by atoms with Gasteiger partial charge in [-0.25, -0.2) is 4.79 Å². The van der Waals surface area contributed by atoms with Crippen molar-refractivity contribution in [1.29, 1.82) is 0 Å². The van der Waals surface area contributed by atoms with E-state index in [9.17, 15) is 14.4 Å². The minimum Gasteiger partial charge on any atom is -0.469 e. The Labute approximate surface area is 144 Å². The fraction of sp³-hybridized carbons (Fsp3) is 0.824. The molecule has 0 saturated heterocycles. The van der Waals surface area contributed by atoms with Crippen LogP contribution >= 0.6 is 0 Å². The Morgan fingerprint density at radius 1 is 1.04 bits per heavy atom. The van der Waals surface area contributed by atoms with Gasteiger partial charge in [-0.05, 0) is 47.0 Å². The number of carbonyl (C=O) groups is 3. The monoisotopic (exact) mass is 344 g/mol. The maximum atomic E-state index is 12.5. The average molecular weight is 344 g/mol. The van der Waals surface area contributed by atoms with Crippen molar-refractivity contribution in [2.45, 2.75) is 78.5 Å². The van der Waals surface area contributed by atoms with Crippen molar-refractivity contribution in [1.82, 2.24) is 10.6 Å². The summed E-state index contributed by atoms with van der Waals surface area (Å²) in [6, 6.07) is -0.198. The van der Waals surface area contributed by atoms with Crippen LogP contribution in [0.5, 0.6) is 0 Å². The van der Waals surface area contributed by atoms with Gasteiger partial charge in [-0.1, -0.05) is 13.8 Å². The molecule has 0 aromatic carbocycles. The third-order valence-corrected chi connectivity index (χ3v) is 3.39. The van der Waals surface area contributed by atoms with E-state index in [2.05, 4.69) is 15.4 Å². The zero-order valence-electron chi connectivity index (χ0n) is 16.1. The van der Waals surface area contributed by atoms with Crippen molar-refractivity contribution in [2.24, 2.45) is 5.92 Å². The van der Waals surface area contributed by atoms with Crippen LogP contribution < -0.4 is 10.6 Å². The fourth-order valence-electron chi connectivity index (χ4n) is 1.91. The predicted octanol–water partition coefficient (Wildman–Crippen LogP) is 2.38. The number of amides is 2. The number of hydrogen-bond donors (Lipinski definition) is 2. The summed E-state index contributed by atoms with van der Waals surface area (Å²) >= 11 is 0. The number of ether oxygens (including phenoxy) is 2. The fourth-order valence-corrected chi connectivity index (χ4v) is 1.91. The lowest BCUT2D eigenvalue weighted by Gasteiger charge is -2.31. The molecule has 0 aromatic heterocycles. The number of methoxy groups -OCH3 is 1. The minimum absolute atomic E-state index is 0.135. The van der Waals surface area contributed by atoms with Gasteiger partial charge in [-0.3, -0.25) is 9.59 Å². The lowest BCUT2D eigenvalue weighted by molar-refractivity contribution is -0.141. The number of hydrogen-bond acceptors (Lipinski definition) is 5. The molecule has 0 fully saturated rings. The van der Waals surface area contributed by atoms with Crippen LogP contribution in [0.15, 0.2) is 0 Å². The Hall–Kier alpha value is -1.79. The van der Waals surface area contributed by atoms with E-state index in [1.54, 1.807) is 34.6 Å². The van der Waals surface area contributed by atoms with Gasteiger partial charge in [0.2, 0.25) is 5.91 Å². The highest BCUT2D eigenvalue weighted by atomic mass is 16.6. The summed E-state index contributed by atoms with van der Waals surface area (Å²) in [5.41, 5.74) is -1.78. The normalized spacial score (nSPS) is 13.2. The first kappa shape index (κ1) is 22.2. The van der Waals surface area contributed by atoms with Crippen molar-refractivity contribution in [3.8, 4) is 0 Å². The Bertz CT molecular complexity index is 452. The zero-order chi connectivity index (χ0) is 19.1. The first-order chi connectivity index (χ1) is 10.8. The molecule has 0 saturated carbocycles. The summed E-state index contributed by atoms with van der Waals surface area (Å²) in [7, 11) is 1.33. The highest BCUT2D eigenvalue weighted by Gasteiger charge is 2.33. The third-order valence-electron chi connectivity index (χ3n) is 3.39. The van der Waals surface area contributed by atoms with E-state index in [-0.39, 0.29) is 30.3 Å². The van der Waals surface area contributed by atoms with E-state index in [1.807, 2.05) is 13.8 Å². The van der Waals surface area contributed by atoms with Crippen molar-refractivity contribution < 1.29 is 23.9 Å². The number of rotatable bonds is 7. The minimum atomic E-state index is -1.14. The summed E-state index contributed by atoms with van der Waals surface area (Å²) in [6.07, 6.45) is 0.0383. The molecule has 7 nitrogen and oxygen atoms in total. The SMILES string of the molecule is COC(=O)CC[C@@H](NC(=O)C(C)(C)NC(=O)OC(C)(C)C)C(C)C. The lowest BCUT2D eigenvalue weighted by atomic mass is 9.96. The summed E-state index contributed by atoms with van der Waals surface area (Å²) in [5.74, 6) is -0.520. The molecule has 24 heavy (non-hydrogen) atoms. The second kappa shape index (κ2) is 8.89. The Morgan fingerprint density at radius 3 is 2.00 bits per heavy atom. The van der Waals surface area contributed by atoms with Gasteiger partial charge in [0, 0.05) is 12.5 Å². The molecule has 0 bridgehead atoms. The van der Waals surface area contributed by atoms with E-state index >= 15 is 0 Å². The summed E-state index contributed by atoms with van der Waals surface area (Å²) in [5, 5.41) is 5.46. The second-order valence-electron chi connectivity index (χ2n) is 7.69. The molecule has 7 heteroatoms. The van der Waals surface area contributed by atoms with Crippen LogP contribution in [0.25, 0.3) is 0 Å². The van der Waals surface area contributed by atoms with Gasteiger partial charge in [-0.2, -0.15) is 0 Å². The molecule has 2 N–H and O–H groups in total. The van der Waals surface area contributed by atoms with Gasteiger partial charge >= 0.3 is 12.1 Å². The molecule has 0 spiro atoms. The Balaban J connectivity index is 4.77. The molecule has 0 heterocycles. The molecular weight excluding hydrogens is 312 g/mol. The van der Waals surface area contributed by atoms with Gasteiger partial charge in [0.25, 0.3) is 0 Å². The van der Waals surface area contributed by atoms with E-state index in [0.29, 0.717) is 6.42 Å². The largest absolute Gasteiger partial charge is 0.469 e. The first-order valence-electron chi connectivity index (χ1n) is 8.17. The zero-order valence-corrected chi connectivity index (χ0v) is 16.1. The predicted molar refractivity (Wildman–Crippen MR) is 91.5 cm³/mol. The van der Waals surface area contributed by atoms with Gasteiger partial charge in [0.1, 0.15) is 11.1 Å². The molecule has 0 radical (unpaired) electrons. The highest BCUT2D eigenvalue weighted by Crippen LogP contribution is 2.13. The summed E-state index contributed by atoms with van der Waals surface area (Å²) in [6.45, 7) is 12.4. The Kier molecular flexibility index (Phi) is 8.23. The quantitative estimate of drug-likeness (QED) is 0.692. The Morgan fingerprint density at radius 2 is 1.58 bits per heavy atom. The first-order valence-corrected chi connectivity index (χ1v) is 8.17. The number of alkyl carbamates (subject to hydrolysis) is 1. The highest BCUT2D eigenvalue weighted by molar-refractivity contribution is 5.89. The van der Waals surface area contributed by atoms with Crippen LogP contribution in [0.3, 0.4) is 0 Å².